The summed E-state index contributed by atoms with van der Waals surface area (Å²) in [4.78, 5) is 12.0. The second-order valence-electron chi connectivity index (χ2n) is 4.12. The van der Waals surface area contributed by atoms with Crippen LogP contribution in [0.5, 0.6) is 5.75 Å². The molecule has 0 unspecified atom stereocenters. The Morgan fingerprint density at radius 1 is 1.06 bits per heavy atom. The van der Waals surface area contributed by atoms with Crippen LogP contribution in [0.2, 0.25) is 0 Å². The Kier molecular flexibility index (Phi) is 2.52. The molecule has 1 aliphatic rings. The number of carbonyl (C=O) groups is 1. The van der Waals surface area contributed by atoms with E-state index in [0.717, 1.165) is 16.7 Å². The van der Waals surface area contributed by atoms with Crippen LogP contribution in [0.25, 0.3) is 11.1 Å². The summed E-state index contributed by atoms with van der Waals surface area (Å²) in [5.74, 6) is 0.388. The van der Waals surface area contributed by atoms with Crippen molar-refractivity contribution in [3.63, 3.8) is 0 Å². The molecule has 0 N–H and O–H groups in total. The molecule has 0 saturated heterocycles. The highest BCUT2D eigenvalue weighted by Crippen LogP contribution is 2.38. The Bertz CT molecular complexity index is 617. The third kappa shape index (κ3) is 1.56. The molecule has 0 spiro atoms. The maximum Gasteiger partial charge on any atom is 0.339 e. The molecule has 3 rings (SSSR count). The second-order valence-corrected chi connectivity index (χ2v) is 4.12. The lowest BCUT2D eigenvalue weighted by molar-refractivity contribution is 0.0478. The minimum atomic E-state index is -0.305. The fourth-order valence-corrected chi connectivity index (χ4v) is 2.26. The van der Waals surface area contributed by atoms with Gasteiger partial charge in [-0.25, -0.2) is 4.79 Å². The summed E-state index contributed by atoms with van der Waals surface area (Å²) in [5.41, 5.74) is 3.36. The van der Waals surface area contributed by atoms with E-state index in [1.165, 1.54) is 0 Å². The first-order valence-corrected chi connectivity index (χ1v) is 5.73. The molecule has 2 aromatic carbocycles. The molecule has 18 heavy (non-hydrogen) atoms. The zero-order valence-electron chi connectivity index (χ0n) is 9.97. The van der Waals surface area contributed by atoms with Gasteiger partial charge in [0.25, 0.3) is 0 Å². The molecule has 90 valence electrons. The number of esters is 1. The van der Waals surface area contributed by atoms with Crippen molar-refractivity contribution in [2.75, 3.05) is 7.11 Å². The first-order chi connectivity index (χ1) is 8.81. The van der Waals surface area contributed by atoms with Crippen LogP contribution in [0.1, 0.15) is 15.9 Å². The van der Waals surface area contributed by atoms with Crippen molar-refractivity contribution in [3.05, 3.63) is 53.6 Å². The molecule has 1 aliphatic heterocycles. The van der Waals surface area contributed by atoms with Crippen molar-refractivity contribution in [1.82, 2.24) is 0 Å². The van der Waals surface area contributed by atoms with E-state index in [-0.39, 0.29) is 5.97 Å². The molecule has 1 heterocycles. The Balaban J connectivity index is 2.36. The molecule has 0 atom stereocenters. The number of methoxy groups -OCH3 is 1. The molecule has 0 amide bonds. The number of carbonyl (C=O) groups excluding carboxylic acids is 1. The fourth-order valence-electron chi connectivity index (χ4n) is 2.26. The topological polar surface area (TPSA) is 35.5 Å². The van der Waals surface area contributed by atoms with Crippen LogP contribution >= 0.6 is 0 Å². The number of rotatable bonds is 1. The van der Waals surface area contributed by atoms with E-state index < -0.39 is 0 Å². The Labute approximate surface area is 105 Å². The van der Waals surface area contributed by atoms with Crippen LogP contribution in [-0.2, 0) is 11.3 Å². The number of cyclic esters (lactones) is 1. The number of benzene rings is 2. The lowest BCUT2D eigenvalue weighted by Crippen LogP contribution is -2.03. The largest absolute Gasteiger partial charge is 0.496 e. The molecule has 2 aromatic rings. The smallest absolute Gasteiger partial charge is 0.339 e. The van der Waals surface area contributed by atoms with Crippen LogP contribution in [0, 0.1) is 0 Å². The summed E-state index contributed by atoms with van der Waals surface area (Å²) in [6.07, 6.45) is 0. The SMILES string of the molecule is COc1cccc2c1-c1ccccc1COC2=O. The van der Waals surface area contributed by atoms with Crippen molar-refractivity contribution in [2.24, 2.45) is 0 Å². The van der Waals surface area contributed by atoms with Crippen molar-refractivity contribution >= 4 is 5.97 Å². The van der Waals surface area contributed by atoms with E-state index in [1.54, 1.807) is 19.2 Å². The van der Waals surface area contributed by atoms with E-state index in [1.807, 2.05) is 30.3 Å². The number of ether oxygens (including phenoxy) is 2. The highest BCUT2D eigenvalue weighted by molar-refractivity contribution is 6.00. The Morgan fingerprint density at radius 2 is 1.83 bits per heavy atom. The van der Waals surface area contributed by atoms with Gasteiger partial charge in [-0.3, -0.25) is 0 Å². The molecule has 3 nitrogen and oxygen atoms in total. The zero-order chi connectivity index (χ0) is 12.5. The summed E-state index contributed by atoms with van der Waals surface area (Å²) >= 11 is 0. The normalized spacial score (nSPS) is 13.1. The van der Waals surface area contributed by atoms with Crippen LogP contribution in [0.4, 0.5) is 0 Å². The second kappa shape index (κ2) is 4.18. The third-order valence-electron chi connectivity index (χ3n) is 3.11. The van der Waals surface area contributed by atoms with Gasteiger partial charge in [0.1, 0.15) is 12.4 Å². The van der Waals surface area contributed by atoms with E-state index in [9.17, 15) is 4.79 Å². The fraction of sp³-hybridized carbons (Fsp3) is 0.133. The summed E-state index contributed by atoms with van der Waals surface area (Å²) in [7, 11) is 1.61. The van der Waals surface area contributed by atoms with Crippen LogP contribution < -0.4 is 4.74 Å². The first-order valence-electron chi connectivity index (χ1n) is 5.73. The maximum atomic E-state index is 12.0. The van der Waals surface area contributed by atoms with Crippen molar-refractivity contribution in [3.8, 4) is 16.9 Å². The minimum Gasteiger partial charge on any atom is -0.496 e. The van der Waals surface area contributed by atoms with Gasteiger partial charge in [-0.1, -0.05) is 30.3 Å². The van der Waals surface area contributed by atoms with Crippen molar-refractivity contribution < 1.29 is 14.3 Å². The van der Waals surface area contributed by atoms with Gasteiger partial charge in [0.05, 0.1) is 12.7 Å². The van der Waals surface area contributed by atoms with Gasteiger partial charge in [0.2, 0.25) is 0 Å². The molecular weight excluding hydrogens is 228 g/mol. The van der Waals surface area contributed by atoms with Crippen molar-refractivity contribution in [1.29, 1.82) is 0 Å². The lowest BCUT2D eigenvalue weighted by Gasteiger charge is -2.11. The van der Waals surface area contributed by atoms with Gasteiger partial charge in [0, 0.05) is 5.56 Å². The van der Waals surface area contributed by atoms with Gasteiger partial charge >= 0.3 is 5.97 Å². The Morgan fingerprint density at radius 3 is 2.67 bits per heavy atom. The average Bonchev–Trinajstić information content (AvgIpc) is 2.57. The van der Waals surface area contributed by atoms with Crippen LogP contribution in [0.15, 0.2) is 42.5 Å². The third-order valence-corrected chi connectivity index (χ3v) is 3.11. The summed E-state index contributed by atoms with van der Waals surface area (Å²) in [5, 5.41) is 0. The molecule has 0 bridgehead atoms. The van der Waals surface area contributed by atoms with E-state index in [0.29, 0.717) is 17.9 Å². The summed E-state index contributed by atoms with van der Waals surface area (Å²) in [6, 6.07) is 13.3. The predicted octanol–water partition coefficient (Wildman–Crippen LogP) is 3.03. The monoisotopic (exact) mass is 240 g/mol. The molecule has 0 aliphatic carbocycles. The minimum absolute atomic E-state index is 0.298. The molecule has 0 fully saturated rings. The van der Waals surface area contributed by atoms with Gasteiger partial charge in [-0.2, -0.15) is 0 Å². The molecule has 3 heteroatoms. The molecular formula is C15H12O3. The average molecular weight is 240 g/mol. The number of hydrogen-bond acceptors (Lipinski definition) is 3. The van der Waals surface area contributed by atoms with Crippen LogP contribution in [0.3, 0.4) is 0 Å². The van der Waals surface area contributed by atoms with Gasteiger partial charge in [0.15, 0.2) is 0 Å². The standard InChI is InChI=1S/C15H12O3/c1-17-13-8-4-7-12-14(13)11-6-3-2-5-10(11)9-18-15(12)16/h2-8H,9H2,1H3. The summed E-state index contributed by atoms with van der Waals surface area (Å²) < 4.78 is 10.6. The van der Waals surface area contributed by atoms with E-state index in [2.05, 4.69) is 0 Å². The molecule has 0 aromatic heterocycles. The predicted molar refractivity (Wildman–Crippen MR) is 67.5 cm³/mol. The van der Waals surface area contributed by atoms with Crippen molar-refractivity contribution in [2.45, 2.75) is 6.61 Å². The quantitative estimate of drug-likeness (QED) is 0.719. The lowest BCUT2D eigenvalue weighted by atomic mass is 9.95. The maximum absolute atomic E-state index is 12.0. The summed E-state index contributed by atoms with van der Waals surface area (Å²) in [6.45, 7) is 0.298. The van der Waals surface area contributed by atoms with Gasteiger partial charge in [-0.05, 0) is 23.3 Å². The molecule has 0 saturated carbocycles. The van der Waals surface area contributed by atoms with Gasteiger partial charge in [-0.15, -0.1) is 0 Å². The van der Waals surface area contributed by atoms with Crippen LogP contribution in [-0.4, -0.2) is 13.1 Å². The number of fused-ring (bicyclic) bond motifs is 3. The highest BCUT2D eigenvalue weighted by Gasteiger charge is 2.23. The zero-order valence-corrected chi connectivity index (χ0v) is 9.97. The van der Waals surface area contributed by atoms with E-state index in [4.69, 9.17) is 9.47 Å². The molecule has 0 radical (unpaired) electrons. The number of hydrogen-bond donors (Lipinski definition) is 0. The van der Waals surface area contributed by atoms with E-state index >= 15 is 0 Å². The Hall–Kier alpha value is -2.29. The highest BCUT2D eigenvalue weighted by atomic mass is 16.5. The first kappa shape index (κ1) is 10.8. The van der Waals surface area contributed by atoms with Gasteiger partial charge < -0.3 is 9.47 Å².